The van der Waals surface area contributed by atoms with Crippen LogP contribution in [0.4, 0.5) is 5.82 Å². The highest BCUT2D eigenvalue weighted by Gasteiger charge is 2.44. The molecule has 0 fully saturated rings. The monoisotopic (exact) mass is 387 g/mol. The molecule has 0 N–H and O–H groups in total. The summed E-state index contributed by atoms with van der Waals surface area (Å²) in [7, 11) is 0. The summed E-state index contributed by atoms with van der Waals surface area (Å²) < 4.78 is 14.2. The van der Waals surface area contributed by atoms with Gasteiger partial charge in [0.15, 0.2) is 18.1 Å². The number of hydrogen-bond donors (Lipinski definition) is 0. The van der Waals surface area contributed by atoms with E-state index in [9.17, 15) is 0 Å². The van der Waals surface area contributed by atoms with Gasteiger partial charge in [-0.15, -0.1) is 0 Å². The van der Waals surface area contributed by atoms with Crippen LogP contribution in [-0.4, -0.2) is 27.5 Å². The molecule has 146 valence electrons. The van der Waals surface area contributed by atoms with Crippen LogP contribution in [-0.2, 0) is 0 Å². The van der Waals surface area contributed by atoms with Crippen LogP contribution in [0.25, 0.3) is 11.1 Å². The Bertz CT molecular complexity index is 1070. The van der Waals surface area contributed by atoms with E-state index in [1.807, 2.05) is 47.3 Å². The van der Waals surface area contributed by atoms with E-state index in [1.54, 1.807) is 12.4 Å². The van der Waals surface area contributed by atoms with Crippen LogP contribution < -0.4 is 9.47 Å². The summed E-state index contributed by atoms with van der Waals surface area (Å²) in [4.78, 5) is 8.77. The molecular formula is C23H23N4O2+. The van der Waals surface area contributed by atoms with E-state index in [1.165, 1.54) is 0 Å². The van der Waals surface area contributed by atoms with Crippen molar-refractivity contribution in [1.82, 2.24) is 9.97 Å². The summed E-state index contributed by atoms with van der Waals surface area (Å²) in [5.41, 5.74) is 3.31. The number of azo groups is 2. The normalized spacial score (nSPS) is 19.8. The highest BCUT2D eigenvalue weighted by molar-refractivity contribution is 5.65. The quantitative estimate of drug-likeness (QED) is 0.582. The van der Waals surface area contributed by atoms with E-state index in [-0.39, 0.29) is 12.3 Å². The van der Waals surface area contributed by atoms with E-state index >= 15 is 0 Å². The third-order valence-corrected chi connectivity index (χ3v) is 5.28. The van der Waals surface area contributed by atoms with Crippen molar-refractivity contribution in [2.45, 2.75) is 32.5 Å². The molecule has 0 amide bonds. The molecule has 0 bridgehead atoms. The molecule has 2 aliphatic heterocycles. The summed E-state index contributed by atoms with van der Waals surface area (Å²) in [6, 6.07) is 14.1. The third kappa shape index (κ3) is 3.35. The average Bonchev–Trinajstić information content (AvgIpc) is 3.11. The van der Waals surface area contributed by atoms with Gasteiger partial charge in [0.05, 0.1) is 5.56 Å². The molecule has 0 spiro atoms. The molecule has 0 saturated carbocycles. The summed E-state index contributed by atoms with van der Waals surface area (Å²) in [5.74, 6) is 2.79. The zero-order chi connectivity index (χ0) is 19.8. The van der Waals surface area contributed by atoms with Crippen LogP contribution in [0, 0.1) is 5.92 Å². The lowest BCUT2D eigenvalue weighted by molar-refractivity contribution is -0.689. The van der Waals surface area contributed by atoms with Crippen molar-refractivity contribution in [2.24, 2.45) is 11.0 Å². The summed E-state index contributed by atoms with van der Waals surface area (Å²) in [5, 5.41) is 4.82. The van der Waals surface area contributed by atoms with Crippen molar-refractivity contribution >= 4 is 5.82 Å². The second kappa shape index (κ2) is 7.28. The minimum Gasteiger partial charge on any atom is -0.478 e. The van der Waals surface area contributed by atoms with Gasteiger partial charge in [-0.1, -0.05) is 30.7 Å². The maximum absolute atomic E-state index is 6.24. The lowest BCUT2D eigenvalue weighted by Crippen LogP contribution is -2.39. The van der Waals surface area contributed by atoms with Gasteiger partial charge in [0.2, 0.25) is 11.9 Å². The molecule has 2 unspecified atom stereocenters. The van der Waals surface area contributed by atoms with Crippen LogP contribution in [0.15, 0.2) is 66.2 Å². The van der Waals surface area contributed by atoms with Crippen molar-refractivity contribution in [2.75, 3.05) is 6.61 Å². The van der Waals surface area contributed by atoms with Gasteiger partial charge in [0.1, 0.15) is 0 Å². The molecule has 6 nitrogen and oxygen atoms in total. The lowest BCUT2D eigenvalue weighted by Gasteiger charge is -2.24. The second-order valence-corrected chi connectivity index (χ2v) is 7.83. The van der Waals surface area contributed by atoms with Crippen molar-refractivity contribution < 1.29 is 14.2 Å². The predicted molar refractivity (Wildman–Crippen MR) is 108 cm³/mol. The largest absolute Gasteiger partial charge is 0.478 e. The van der Waals surface area contributed by atoms with E-state index in [2.05, 4.69) is 29.9 Å². The summed E-state index contributed by atoms with van der Waals surface area (Å²) in [6.45, 7) is 4.88. The molecule has 29 heavy (non-hydrogen) atoms. The van der Waals surface area contributed by atoms with Crippen molar-refractivity contribution in [3.63, 3.8) is 0 Å². The molecule has 2 aliphatic rings. The van der Waals surface area contributed by atoms with Crippen LogP contribution in [0.3, 0.4) is 0 Å². The lowest BCUT2D eigenvalue weighted by atomic mass is 9.96. The number of para-hydroxylation sites is 2. The summed E-state index contributed by atoms with van der Waals surface area (Å²) in [6.07, 6.45) is 6.15. The molecular weight excluding hydrogens is 364 g/mol. The standard InChI is InChI=1S/C23H23N4O2/c1-15(2)11-19-18-12-17(16-7-9-24-10-8-16)13-25-23(18)26-27(19)22-14-28-20-5-3-4-6-21(20)29-22/h3-10,12-13,15,19,22H,11,14H2,1-2H3/q+1. The zero-order valence-electron chi connectivity index (χ0n) is 16.5. The Hall–Kier alpha value is -3.28. The molecule has 0 radical (unpaired) electrons. The Morgan fingerprint density at radius 2 is 1.86 bits per heavy atom. The van der Waals surface area contributed by atoms with Gasteiger partial charge in [-0.25, -0.2) is 4.98 Å². The number of ether oxygens (including phenoxy) is 2. The Kier molecular flexibility index (Phi) is 4.46. The first kappa shape index (κ1) is 17.8. The Balaban J connectivity index is 1.49. The van der Waals surface area contributed by atoms with Crippen LogP contribution >= 0.6 is 0 Å². The SMILES string of the molecule is CC(C)CC1c2cc(-c3ccncc3)cnc2N=[N+]1C1COc2ccccc2O1. The Morgan fingerprint density at radius 1 is 1.07 bits per heavy atom. The number of nitrogens with zero attached hydrogens (tertiary/aromatic N) is 4. The van der Waals surface area contributed by atoms with E-state index in [0.29, 0.717) is 12.5 Å². The van der Waals surface area contributed by atoms with E-state index < -0.39 is 0 Å². The number of fused-ring (bicyclic) bond motifs is 2. The van der Waals surface area contributed by atoms with Crippen LogP contribution in [0.5, 0.6) is 11.5 Å². The molecule has 1 aromatic carbocycles. The fourth-order valence-electron chi connectivity index (χ4n) is 3.91. The van der Waals surface area contributed by atoms with E-state index in [4.69, 9.17) is 14.6 Å². The van der Waals surface area contributed by atoms with Gasteiger partial charge >= 0.3 is 6.23 Å². The Labute approximate surface area is 169 Å². The minimum atomic E-state index is -0.285. The highest BCUT2D eigenvalue weighted by atomic mass is 16.6. The maximum atomic E-state index is 6.24. The van der Waals surface area contributed by atoms with Gasteiger partial charge < -0.3 is 9.47 Å². The first-order valence-corrected chi connectivity index (χ1v) is 9.98. The molecule has 3 aromatic rings. The fourth-order valence-corrected chi connectivity index (χ4v) is 3.91. The van der Waals surface area contributed by atoms with Crippen LogP contribution in [0.2, 0.25) is 0 Å². The minimum absolute atomic E-state index is 0.0955. The van der Waals surface area contributed by atoms with Crippen molar-refractivity contribution in [1.29, 1.82) is 0 Å². The number of pyridine rings is 2. The van der Waals surface area contributed by atoms with Crippen molar-refractivity contribution in [3.8, 4) is 22.6 Å². The molecule has 6 heteroatoms. The highest BCUT2D eigenvalue weighted by Crippen LogP contribution is 2.42. The second-order valence-electron chi connectivity index (χ2n) is 7.83. The van der Waals surface area contributed by atoms with Gasteiger partial charge in [0, 0.05) is 35.7 Å². The van der Waals surface area contributed by atoms with Gasteiger partial charge in [0.25, 0.3) is 0 Å². The average molecular weight is 387 g/mol. The van der Waals surface area contributed by atoms with Gasteiger partial charge in [-0.05, 0) is 41.8 Å². The number of rotatable bonds is 4. The molecule has 0 aliphatic carbocycles. The van der Waals surface area contributed by atoms with Gasteiger partial charge in [-0.3, -0.25) is 4.98 Å². The zero-order valence-corrected chi connectivity index (χ0v) is 16.5. The number of aromatic nitrogens is 2. The molecule has 4 heterocycles. The van der Waals surface area contributed by atoms with Gasteiger partial charge in [-0.2, -0.15) is 0 Å². The molecule has 0 saturated heterocycles. The number of hydrogen-bond acceptors (Lipinski definition) is 5. The molecule has 2 atom stereocenters. The first-order chi connectivity index (χ1) is 14.2. The number of benzene rings is 1. The van der Waals surface area contributed by atoms with E-state index in [0.717, 1.165) is 40.4 Å². The first-order valence-electron chi connectivity index (χ1n) is 9.98. The van der Waals surface area contributed by atoms with Crippen LogP contribution in [0.1, 0.15) is 31.9 Å². The molecule has 5 rings (SSSR count). The summed E-state index contributed by atoms with van der Waals surface area (Å²) >= 11 is 0. The van der Waals surface area contributed by atoms with Crippen molar-refractivity contribution in [3.05, 3.63) is 66.6 Å². The topological polar surface area (TPSA) is 59.6 Å². The fraction of sp³-hybridized carbons (Fsp3) is 0.304. The molecule has 2 aromatic heterocycles. The maximum Gasteiger partial charge on any atom is 0.356 e. The predicted octanol–water partition coefficient (Wildman–Crippen LogP) is 5.14. The smallest absolute Gasteiger partial charge is 0.356 e. The Morgan fingerprint density at radius 3 is 2.66 bits per heavy atom. The third-order valence-electron chi connectivity index (χ3n) is 5.28.